The van der Waals surface area contributed by atoms with E-state index >= 15 is 0 Å². The first-order valence-electron chi connectivity index (χ1n) is 9.02. The molecule has 1 atom stereocenters. The van der Waals surface area contributed by atoms with E-state index in [0.29, 0.717) is 17.2 Å². The lowest BCUT2D eigenvalue weighted by molar-refractivity contribution is 0.0930. The van der Waals surface area contributed by atoms with Gasteiger partial charge in [-0.1, -0.05) is 38.1 Å². The SMILES string of the molecule is Cc1ccccc1CN(c1ccc(C(=O)NC(C)C(C)C)cc1)S(C)(=O)=O. The maximum atomic E-state index is 12.3. The van der Waals surface area contributed by atoms with Crippen LogP contribution in [0.3, 0.4) is 0 Å². The molecular weight excluding hydrogens is 360 g/mol. The average molecular weight is 389 g/mol. The molecule has 0 fully saturated rings. The van der Waals surface area contributed by atoms with Crippen LogP contribution in [0, 0.1) is 12.8 Å². The molecule has 2 aromatic rings. The summed E-state index contributed by atoms with van der Waals surface area (Å²) < 4.78 is 26.0. The first kappa shape index (κ1) is 21.0. The van der Waals surface area contributed by atoms with E-state index in [1.807, 2.05) is 52.0 Å². The number of aryl methyl sites for hydroxylation is 1. The highest BCUT2D eigenvalue weighted by atomic mass is 32.2. The number of nitrogens with zero attached hydrogens (tertiary/aromatic N) is 1. The van der Waals surface area contributed by atoms with Crippen molar-refractivity contribution < 1.29 is 13.2 Å². The lowest BCUT2D eigenvalue weighted by Crippen LogP contribution is -2.36. The van der Waals surface area contributed by atoms with Gasteiger partial charge < -0.3 is 5.32 Å². The lowest BCUT2D eigenvalue weighted by atomic mass is 10.1. The van der Waals surface area contributed by atoms with Gasteiger partial charge >= 0.3 is 0 Å². The highest BCUT2D eigenvalue weighted by Gasteiger charge is 2.19. The van der Waals surface area contributed by atoms with Gasteiger partial charge in [0.05, 0.1) is 18.5 Å². The van der Waals surface area contributed by atoms with Crippen molar-refractivity contribution in [1.82, 2.24) is 5.32 Å². The molecule has 1 unspecified atom stereocenters. The smallest absolute Gasteiger partial charge is 0.251 e. The van der Waals surface area contributed by atoms with E-state index in [0.717, 1.165) is 11.1 Å². The minimum absolute atomic E-state index is 0.0609. The van der Waals surface area contributed by atoms with Crippen LogP contribution in [-0.2, 0) is 16.6 Å². The van der Waals surface area contributed by atoms with Gasteiger partial charge in [-0.2, -0.15) is 0 Å². The Labute approximate surface area is 162 Å². The molecule has 0 spiro atoms. The number of hydrogen-bond donors (Lipinski definition) is 1. The van der Waals surface area contributed by atoms with Crippen molar-refractivity contribution in [3.05, 3.63) is 65.2 Å². The van der Waals surface area contributed by atoms with Crippen LogP contribution in [0.15, 0.2) is 48.5 Å². The van der Waals surface area contributed by atoms with Gasteiger partial charge in [0, 0.05) is 11.6 Å². The maximum absolute atomic E-state index is 12.3. The fourth-order valence-electron chi connectivity index (χ4n) is 2.58. The molecule has 0 bridgehead atoms. The van der Waals surface area contributed by atoms with Crippen LogP contribution in [0.25, 0.3) is 0 Å². The van der Waals surface area contributed by atoms with Crippen molar-refractivity contribution in [2.45, 2.75) is 40.3 Å². The Morgan fingerprint density at radius 3 is 2.15 bits per heavy atom. The number of amides is 1. The zero-order valence-electron chi connectivity index (χ0n) is 16.6. The number of carbonyl (C=O) groups excluding carboxylic acids is 1. The summed E-state index contributed by atoms with van der Waals surface area (Å²) >= 11 is 0. The van der Waals surface area contributed by atoms with E-state index in [9.17, 15) is 13.2 Å². The Balaban J connectivity index is 2.25. The fraction of sp³-hybridized carbons (Fsp3) is 0.381. The van der Waals surface area contributed by atoms with Crippen molar-refractivity contribution in [3.63, 3.8) is 0 Å². The van der Waals surface area contributed by atoms with Gasteiger partial charge in [0.15, 0.2) is 0 Å². The first-order chi connectivity index (χ1) is 12.6. The quantitative estimate of drug-likeness (QED) is 0.786. The van der Waals surface area contributed by atoms with Crippen LogP contribution >= 0.6 is 0 Å². The molecule has 0 aliphatic carbocycles. The second kappa shape index (κ2) is 8.57. The molecule has 1 N–H and O–H groups in total. The van der Waals surface area contributed by atoms with Crippen molar-refractivity contribution in [3.8, 4) is 0 Å². The zero-order valence-corrected chi connectivity index (χ0v) is 17.4. The minimum atomic E-state index is -3.46. The Kier molecular flexibility index (Phi) is 6.65. The highest BCUT2D eigenvalue weighted by Crippen LogP contribution is 2.22. The van der Waals surface area contributed by atoms with Gasteiger partial charge in [0.25, 0.3) is 5.91 Å². The van der Waals surface area contributed by atoms with Crippen LogP contribution < -0.4 is 9.62 Å². The van der Waals surface area contributed by atoms with Gasteiger partial charge in [0.2, 0.25) is 10.0 Å². The molecule has 27 heavy (non-hydrogen) atoms. The molecular formula is C21H28N2O3S. The number of rotatable bonds is 7. The third kappa shape index (κ3) is 5.57. The second-order valence-corrected chi connectivity index (χ2v) is 9.16. The standard InChI is InChI=1S/C21H28N2O3S/c1-15(2)17(4)22-21(24)18-10-12-20(13-11-18)23(27(5,25)26)14-19-9-7-6-8-16(19)3/h6-13,15,17H,14H2,1-5H3,(H,22,24). The number of hydrogen-bond acceptors (Lipinski definition) is 3. The normalized spacial score (nSPS) is 12.7. The monoisotopic (exact) mass is 388 g/mol. The van der Waals surface area contributed by atoms with Crippen LogP contribution in [-0.4, -0.2) is 26.6 Å². The van der Waals surface area contributed by atoms with Crippen LogP contribution in [0.2, 0.25) is 0 Å². The molecule has 2 aromatic carbocycles. The van der Waals surface area contributed by atoms with E-state index in [1.54, 1.807) is 24.3 Å². The Hall–Kier alpha value is -2.34. The van der Waals surface area contributed by atoms with Crippen LogP contribution in [0.4, 0.5) is 5.69 Å². The maximum Gasteiger partial charge on any atom is 0.251 e. The van der Waals surface area contributed by atoms with E-state index in [1.165, 1.54) is 10.6 Å². The van der Waals surface area contributed by atoms with E-state index < -0.39 is 10.0 Å². The van der Waals surface area contributed by atoms with Crippen LogP contribution in [0.5, 0.6) is 0 Å². The van der Waals surface area contributed by atoms with Crippen molar-refractivity contribution >= 4 is 21.6 Å². The summed E-state index contributed by atoms with van der Waals surface area (Å²) in [5, 5.41) is 2.95. The van der Waals surface area contributed by atoms with Crippen LogP contribution in [0.1, 0.15) is 42.3 Å². The first-order valence-corrected chi connectivity index (χ1v) is 10.9. The molecule has 0 aliphatic rings. The number of nitrogens with one attached hydrogen (secondary N) is 1. The highest BCUT2D eigenvalue weighted by molar-refractivity contribution is 7.92. The number of carbonyl (C=O) groups is 1. The van der Waals surface area contributed by atoms with Crippen molar-refractivity contribution in [1.29, 1.82) is 0 Å². The molecule has 0 aromatic heterocycles. The molecule has 1 amide bonds. The summed E-state index contributed by atoms with van der Waals surface area (Å²) in [5.74, 6) is 0.177. The van der Waals surface area contributed by atoms with E-state index in [4.69, 9.17) is 0 Å². The van der Waals surface area contributed by atoms with E-state index in [2.05, 4.69) is 5.32 Å². The third-order valence-electron chi connectivity index (χ3n) is 4.75. The number of anilines is 1. The largest absolute Gasteiger partial charge is 0.349 e. The fourth-order valence-corrected chi connectivity index (χ4v) is 3.46. The summed E-state index contributed by atoms with van der Waals surface area (Å²) in [7, 11) is -3.46. The predicted octanol–water partition coefficient (Wildman–Crippen LogP) is 3.74. The predicted molar refractivity (Wildman–Crippen MR) is 110 cm³/mol. The molecule has 0 heterocycles. The molecule has 5 nitrogen and oxygen atoms in total. The molecule has 2 rings (SSSR count). The van der Waals surface area contributed by atoms with Crippen molar-refractivity contribution in [2.24, 2.45) is 5.92 Å². The summed E-state index contributed by atoms with van der Waals surface area (Å²) in [6.07, 6.45) is 1.19. The van der Waals surface area contributed by atoms with Crippen molar-refractivity contribution in [2.75, 3.05) is 10.6 Å². The van der Waals surface area contributed by atoms with Gasteiger partial charge in [-0.3, -0.25) is 9.10 Å². The molecule has 0 saturated heterocycles. The van der Waals surface area contributed by atoms with Gasteiger partial charge in [-0.25, -0.2) is 8.42 Å². The topological polar surface area (TPSA) is 66.5 Å². The molecule has 146 valence electrons. The Bertz CT molecular complexity index is 890. The molecule has 0 radical (unpaired) electrons. The van der Waals surface area contributed by atoms with Gasteiger partial charge in [-0.15, -0.1) is 0 Å². The molecule has 6 heteroatoms. The second-order valence-electron chi connectivity index (χ2n) is 7.25. The van der Waals surface area contributed by atoms with E-state index in [-0.39, 0.29) is 18.5 Å². The summed E-state index contributed by atoms with van der Waals surface area (Å²) in [6.45, 7) is 8.26. The van der Waals surface area contributed by atoms with Gasteiger partial charge in [0.1, 0.15) is 0 Å². The molecule has 0 aliphatic heterocycles. The minimum Gasteiger partial charge on any atom is -0.349 e. The third-order valence-corrected chi connectivity index (χ3v) is 5.89. The summed E-state index contributed by atoms with van der Waals surface area (Å²) in [4.78, 5) is 12.3. The molecule has 0 saturated carbocycles. The number of benzene rings is 2. The Morgan fingerprint density at radius 1 is 1.04 bits per heavy atom. The number of sulfonamides is 1. The Morgan fingerprint density at radius 2 is 1.63 bits per heavy atom. The lowest BCUT2D eigenvalue weighted by Gasteiger charge is -2.24. The summed E-state index contributed by atoms with van der Waals surface area (Å²) in [5.41, 5.74) is 3.02. The van der Waals surface area contributed by atoms with Gasteiger partial charge in [-0.05, 0) is 55.2 Å². The zero-order chi connectivity index (χ0) is 20.2. The summed E-state index contributed by atoms with van der Waals surface area (Å²) in [6, 6.07) is 14.4. The average Bonchev–Trinajstić information content (AvgIpc) is 2.60.